The van der Waals surface area contributed by atoms with E-state index in [1.807, 2.05) is 37.3 Å². The second-order valence-corrected chi connectivity index (χ2v) is 7.36. The fourth-order valence-corrected chi connectivity index (χ4v) is 3.16. The second kappa shape index (κ2) is 9.39. The summed E-state index contributed by atoms with van der Waals surface area (Å²) in [4.78, 5) is 25.1. The molecule has 0 unspecified atom stereocenters. The van der Waals surface area contributed by atoms with E-state index in [0.29, 0.717) is 11.5 Å². The van der Waals surface area contributed by atoms with Gasteiger partial charge in [-0.2, -0.15) is 5.10 Å². The molecule has 1 aromatic heterocycles. The predicted octanol–water partition coefficient (Wildman–Crippen LogP) is 4.88. The topological polar surface area (TPSA) is 73.2 Å². The molecule has 6 heteroatoms. The smallest absolute Gasteiger partial charge is 0.338 e. The zero-order valence-electron chi connectivity index (χ0n) is 17.8. The molecular formula is C24H27N3O3. The van der Waals surface area contributed by atoms with Gasteiger partial charge in [0.15, 0.2) is 6.10 Å². The minimum atomic E-state index is -0.921. The Labute approximate surface area is 176 Å². The van der Waals surface area contributed by atoms with E-state index in [9.17, 15) is 9.59 Å². The third-order valence-corrected chi connectivity index (χ3v) is 5.19. The number of aryl methyl sites for hydroxylation is 1. The summed E-state index contributed by atoms with van der Waals surface area (Å²) in [7, 11) is 0. The lowest BCUT2D eigenvalue weighted by Gasteiger charge is -2.18. The van der Waals surface area contributed by atoms with Crippen molar-refractivity contribution < 1.29 is 14.3 Å². The van der Waals surface area contributed by atoms with Gasteiger partial charge in [-0.3, -0.25) is 4.79 Å². The van der Waals surface area contributed by atoms with Crippen LogP contribution in [0.2, 0.25) is 0 Å². The molecule has 0 saturated heterocycles. The quantitative estimate of drug-likeness (QED) is 0.569. The van der Waals surface area contributed by atoms with Gasteiger partial charge in [-0.05, 0) is 68.1 Å². The van der Waals surface area contributed by atoms with Crippen molar-refractivity contribution in [2.24, 2.45) is 0 Å². The molecule has 1 amide bonds. The highest BCUT2D eigenvalue weighted by atomic mass is 16.5. The van der Waals surface area contributed by atoms with Crippen LogP contribution in [-0.4, -0.2) is 27.8 Å². The normalized spacial score (nSPS) is 12.8. The van der Waals surface area contributed by atoms with E-state index in [1.165, 1.54) is 0 Å². The molecule has 1 N–H and O–H groups in total. The van der Waals surface area contributed by atoms with Crippen molar-refractivity contribution >= 4 is 17.6 Å². The molecule has 0 aliphatic carbocycles. The fourth-order valence-electron chi connectivity index (χ4n) is 3.16. The molecule has 3 rings (SSSR count). The molecule has 30 heavy (non-hydrogen) atoms. The van der Waals surface area contributed by atoms with Gasteiger partial charge in [-0.15, -0.1) is 0 Å². The van der Waals surface area contributed by atoms with Gasteiger partial charge in [0.1, 0.15) is 0 Å². The summed E-state index contributed by atoms with van der Waals surface area (Å²) in [5, 5.41) is 7.13. The molecule has 0 bridgehead atoms. The monoisotopic (exact) mass is 405 g/mol. The first-order chi connectivity index (χ1) is 14.4. The molecule has 0 radical (unpaired) electrons. The van der Waals surface area contributed by atoms with Gasteiger partial charge < -0.3 is 10.1 Å². The number of carbonyl (C=O) groups excluding carboxylic acids is 2. The molecule has 0 spiro atoms. The molecule has 156 valence electrons. The Morgan fingerprint density at radius 3 is 2.40 bits per heavy atom. The zero-order valence-corrected chi connectivity index (χ0v) is 17.8. The molecule has 3 aromatic rings. The number of amides is 1. The minimum absolute atomic E-state index is 0.316. The largest absolute Gasteiger partial charge is 0.449 e. The maximum absolute atomic E-state index is 12.6. The Hall–Kier alpha value is -3.41. The lowest BCUT2D eigenvalue weighted by Crippen LogP contribution is -2.30. The third kappa shape index (κ3) is 4.76. The van der Waals surface area contributed by atoms with Crippen LogP contribution in [0.1, 0.15) is 54.7 Å². The lowest BCUT2D eigenvalue weighted by atomic mass is 9.97. The van der Waals surface area contributed by atoms with Gasteiger partial charge in [-0.1, -0.05) is 32.0 Å². The zero-order chi connectivity index (χ0) is 21.7. The Morgan fingerprint density at radius 1 is 1.07 bits per heavy atom. The van der Waals surface area contributed by atoms with Crippen molar-refractivity contribution in [1.82, 2.24) is 9.78 Å². The summed E-state index contributed by atoms with van der Waals surface area (Å²) < 4.78 is 7.16. The summed E-state index contributed by atoms with van der Waals surface area (Å²) >= 11 is 0. The SMILES string of the molecule is CC[C@H](C)c1ccccc1NC(=O)[C@@H](C)OC(=O)c1ccc(-n2nccc2C)cc1. The van der Waals surface area contributed by atoms with E-state index in [1.54, 1.807) is 42.1 Å². The molecule has 0 aliphatic heterocycles. The standard InChI is InChI=1S/C24H27N3O3/c1-5-16(2)21-8-6-7-9-22(21)26-23(28)18(4)30-24(29)19-10-12-20(13-11-19)27-17(3)14-15-25-27/h6-16,18H,5H2,1-4H3,(H,26,28)/t16-,18+/m0/s1. The minimum Gasteiger partial charge on any atom is -0.449 e. The first-order valence-electron chi connectivity index (χ1n) is 10.1. The first-order valence-corrected chi connectivity index (χ1v) is 10.1. The van der Waals surface area contributed by atoms with E-state index >= 15 is 0 Å². The van der Waals surface area contributed by atoms with Crippen molar-refractivity contribution in [2.45, 2.75) is 46.1 Å². The number of ether oxygens (including phenoxy) is 1. The number of aromatic nitrogens is 2. The number of nitrogens with one attached hydrogen (secondary N) is 1. The van der Waals surface area contributed by atoms with E-state index < -0.39 is 12.1 Å². The van der Waals surface area contributed by atoms with Crippen molar-refractivity contribution in [2.75, 3.05) is 5.32 Å². The maximum Gasteiger partial charge on any atom is 0.338 e. The number of nitrogens with zero attached hydrogens (tertiary/aromatic N) is 2. The molecule has 2 aromatic carbocycles. The number of para-hydroxylation sites is 1. The fraction of sp³-hybridized carbons (Fsp3) is 0.292. The van der Waals surface area contributed by atoms with Gasteiger partial charge in [0.05, 0.1) is 11.3 Å². The van der Waals surface area contributed by atoms with E-state index in [-0.39, 0.29) is 5.91 Å². The molecule has 2 atom stereocenters. The van der Waals surface area contributed by atoms with Gasteiger partial charge in [0.2, 0.25) is 0 Å². The van der Waals surface area contributed by atoms with Crippen LogP contribution in [0.5, 0.6) is 0 Å². The predicted molar refractivity (Wildman–Crippen MR) is 117 cm³/mol. The Kier molecular flexibility index (Phi) is 6.67. The van der Waals surface area contributed by atoms with Crippen LogP contribution in [0.25, 0.3) is 5.69 Å². The van der Waals surface area contributed by atoms with Gasteiger partial charge in [-0.25, -0.2) is 9.48 Å². The van der Waals surface area contributed by atoms with E-state index in [0.717, 1.165) is 29.1 Å². The Bertz CT molecular complexity index is 1020. The van der Waals surface area contributed by atoms with Crippen LogP contribution in [0.4, 0.5) is 5.69 Å². The molecule has 0 fully saturated rings. The number of anilines is 1. The molecule has 6 nitrogen and oxygen atoms in total. The van der Waals surface area contributed by atoms with Gasteiger partial charge >= 0.3 is 5.97 Å². The average molecular weight is 405 g/mol. The maximum atomic E-state index is 12.6. The van der Waals surface area contributed by atoms with Crippen molar-refractivity contribution in [3.63, 3.8) is 0 Å². The molecule has 1 heterocycles. The van der Waals surface area contributed by atoms with Crippen molar-refractivity contribution in [3.8, 4) is 5.69 Å². The van der Waals surface area contributed by atoms with Crippen LogP contribution < -0.4 is 5.32 Å². The van der Waals surface area contributed by atoms with Crippen LogP contribution >= 0.6 is 0 Å². The highest BCUT2D eigenvalue weighted by Gasteiger charge is 2.20. The molecule has 0 aliphatic rings. The third-order valence-electron chi connectivity index (χ3n) is 5.19. The Balaban J connectivity index is 1.64. The number of esters is 1. The van der Waals surface area contributed by atoms with E-state index in [4.69, 9.17) is 4.74 Å². The number of rotatable bonds is 7. The highest BCUT2D eigenvalue weighted by Crippen LogP contribution is 2.26. The Morgan fingerprint density at radius 2 is 1.77 bits per heavy atom. The summed E-state index contributed by atoms with van der Waals surface area (Å²) in [6.07, 6.45) is 1.76. The highest BCUT2D eigenvalue weighted by molar-refractivity contribution is 5.97. The number of carbonyl (C=O) groups is 2. The van der Waals surface area contributed by atoms with Crippen LogP contribution in [0.15, 0.2) is 60.8 Å². The van der Waals surface area contributed by atoms with Crippen molar-refractivity contribution in [3.05, 3.63) is 77.6 Å². The van der Waals surface area contributed by atoms with Crippen LogP contribution in [-0.2, 0) is 9.53 Å². The van der Waals surface area contributed by atoms with Crippen molar-refractivity contribution in [1.29, 1.82) is 0 Å². The van der Waals surface area contributed by atoms with Gasteiger partial charge in [0, 0.05) is 17.6 Å². The van der Waals surface area contributed by atoms with Crippen LogP contribution in [0.3, 0.4) is 0 Å². The summed E-state index contributed by atoms with van der Waals surface area (Å²) in [6.45, 7) is 7.74. The number of hydrogen-bond donors (Lipinski definition) is 1. The second-order valence-electron chi connectivity index (χ2n) is 7.36. The van der Waals surface area contributed by atoms with Gasteiger partial charge in [0.25, 0.3) is 5.91 Å². The lowest BCUT2D eigenvalue weighted by molar-refractivity contribution is -0.123. The first kappa shape index (κ1) is 21.3. The summed E-state index contributed by atoms with van der Waals surface area (Å²) in [5.74, 6) is -0.587. The summed E-state index contributed by atoms with van der Waals surface area (Å²) in [5.41, 5.74) is 4.04. The molecule has 0 saturated carbocycles. The van der Waals surface area contributed by atoms with Crippen LogP contribution in [0, 0.1) is 6.92 Å². The molecular weight excluding hydrogens is 378 g/mol. The number of benzene rings is 2. The summed E-state index contributed by atoms with van der Waals surface area (Å²) in [6, 6.07) is 16.5. The van der Waals surface area contributed by atoms with E-state index in [2.05, 4.69) is 24.3 Å². The number of hydrogen-bond acceptors (Lipinski definition) is 4. The average Bonchev–Trinajstić information content (AvgIpc) is 3.19.